The van der Waals surface area contributed by atoms with Gasteiger partial charge in [0.25, 0.3) is 5.69 Å². The summed E-state index contributed by atoms with van der Waals surface area (Å²) in [5.74, 6) is 0.103. The largest absolute Gasteiger partial charge is 0.380 e. The molecule has 7 nitrogen and oxygen atoms in total. The van der Waals surface area contributed by atoms with Gasteiger partial charge < -0.3 is 5.11 Å². The van der Waals surface area contributed by atoms with Gasteiger partial charge in [-0.25, -0.2) is 4.98 Å². The Morgan fingerprint density at radius 2 is 2.25 bits per heavy atom. The molecule has 1 aromatic heterocycles. The minimum Gasteiger partial charge on any atom is -0.380 e. The number of nitriles is 1. The van der Waals surface area contributed by atoms with Crippen molar-refractivity contribution >= 4 is 5.69 Å². The number of hydrogen-bond donors (Lipinski definition) is 1. The van der Waals surface area contributed by atoms with Crippen LogP contribution in [0.25, 0.3) is 5.69 Å². The molecule has 7 heteroatoms. The normalized spacial score (nSPS) is 11.6. The Balaban J connectivity index is 2.57. The summed E-state index contributed by atoms with van der Waals surface area (Å²) < 4.78 is 1.37. The summed E-state index contributed by atoms with van der Waals surface area (Å²) in [6, 6.07) is 7.80. The minimum absolute atomic E-state index is 0.0870. The molecule has 0 saturated carbocycles. The summed E-state index contributed by atoms with van der Waals surface area (Å²) in [7, 11) is 0. The van der Waals surface area contributed by atoms with Crippen LogP contribution in [0.2, 0.25) is 0 Å². The van der Waals surface area contributed by atoms with E-state index in [2.05, 4.69) is 11.6 Å². The van der Waals surface area contributed by atoms with E-state index < -0.39 is 11.0 Å². The van der Waals surface area contributed by atoms with Crippen LogP contribution in [0.5, 0.6) is 0 Å². The van der Waals surface area contributed by atoms with Crippen LogP contribution in [0, 0.1) is 21.4 Å². The summed E-state index contributed by atoms with van der Waals surface area (Å²) in [5.41, 5.74) is 0.0485. The van der Waals surface area contributed by atoms with Gasteiger partial charge in [0.2, 0.25) is 0 Å². The SMILES string of the molecule is C=C(C#N)C(O)c1nccn1-c1ccccc1[N+](=O)[O-]. The van der Waals surface area contributed by atoms with Gasteiger partial charge in [0, 0.05) is 18.5 Å². The van der Waals surface area contributed by atoms with Crippen LogP contribution in [-0.4, -0.2) is 19.6 Å². The Morgan fingerprint density at radius 1 is 1.55 bits per heavy atom. The predicted octanol–water partition coefficient (Wildman–Crippen LogP) is 1.89. The molecule has 2 rings (SSSR count). The van der Waals surface area contributed by atoms with Crippen molar-refractivity contribution in [2.24, 2.45) is 0 Å². The summed E-state index contributed by atoms with van der Waals surface area (Å²) >= 11 is 0. The number of nitrogens with zero attached hydrogens (tertiary/aromatic N) is 4. The molecule has 1 aromatic carbocycles. The van der Waals surface area contributed by atoms with Gasteiger partial charge >= 0.3 is 0 Å². The molecule has 0 bridgehead atoms. The number of rotatable bonds is 4. The summed E-state index contributed by atoms with van der Waals surface area (Å²) in [5, 5.41) is 29.8. The van der Waals surface area contributed by atoms with Crippen LogP contribution in [0.4, 0.5) is 5.69 Å². The zero-order valence-electron chi connectivity index (χ0n) is 10.3. The first-order valence-corrected chi connectivity index (χ1v) is 5.60. The van der Waals surface area contributed by atoms with Crippen LogP contribution < -0.4 is 0 Å². The van der Waals surface area contributed by atoms with Crippen molar-refractivity contribution in [2.45, 2.75) is 6.10 Å². The highest BCUT2D eigenvalue weighted by atomic mass is 16.6. The van der Waals surface area contributed by atoms with Crippen molar-refractivity contribution < 1.29 is 10.0 Å². The Labute approximate surface area is 114 Å². The zero-order chi connectivity index (χ0) is 14.7. The first kappa shape index (κ1) is 13.5. The van der Waals surface area contributed by atoms with E-state index in [1.807, 2.05) is 0 Å². The molecule has 0 fully saturated rings. The third-order valence-electron chi connectivity index (χ3n) is 2.73. The Hall–Kier alpha value is -2.98. The number of nitro groups is 1. The van der Waals surface area contributed by atoms with Crippen molar-refractivity contribution in [3.8, 4) is 11.8 Å². The smallest absolute Gasteiger partial charge is 0.293 e. The van der Waals surface area contributed by atoms with Gasteiger partial charge in [0.1, 0.15) is 17.6 Å². The average Bonchev–Trinajstić information content (AvgIpc) is 2.94. The number of benzene rings is 1. The van der Waals surface area contributed by atoms with E-state index in [1.54, 1.807) is 18.2 Å². The van der Waals surface area contributed by atoms with E-state index in [0.29, 0.717) is 0 Å². The van der Waals surface area contributed by atoms with Crippen molar-refractivity contribution in [3.05, 3.63) is 64.7 Å². The van der Waals surface area contributed by atoms with E-state index in [0.717, 1.165) is 0 Å². The van der Waals surface area contributed by atoms with Gasteiger partial charge in [-0.05, 0) is 6.07 Å². The molecule has 1 atom stereocenters. The molecule has 0 radical (unpaired) electrons. The monoisotopic (exact) mass is 270 g/mol. The predicted molar refractivity (Wildman–Crippen MR) is 69.9 cm³/mol. The molecule has 0 aliphatic heterocycles. The van der Waals surface area contributed by atoms with E-state index in [9.17, 15) is 15.2 Å². The van der Waals surface area contributed by atoms with Crippen molar-refractivity contribution in [3.63, 3.8) is 0 Å². The van der Waals surface area contributed by atoms with Gasteiger partial charge in [-0.2, -0.15) is 5.26 Å². The molecule has 20 heavy (non-hydrogen) atoms. The number of nitro benzene ring substituents is 1. The Kier molecular flexibility index (Phi) is 3.59. The molecular weight excluding hydrogens is 260 g/mol. The lowest BCUT2D eigenvalue weighted by atomic mass is 10.1. The lowest BCUT2D eigenvalue weighted by Gasteiger charge is -2.12. The third kappa shape index (κ3) is 2.28. The van der Waals surface area contributed by atoms with Gasteiger partial charge in [-0.15, -0.1) is 0 Å². The second-order valence-corrected chi connectivity index (χ2v) is 3.94. The zero-order valence-corrected chi connectivity index (χ0v) is 10.3. The number of aliphatic hydroxyl groups is 1. The molecule has 1 heterocycles. The van der Waals surface area contributed by atoms with E-state index in [1.165, 1.54) is 29.1 Å². The maximum absolute atomic E-state index is 11.0. The van der Waals surface area contributed by atoms with Gasteiger partial charge in [-0.1, -0.05) is 18.7 Å². The second kappa shape index (κ2) is 5.34. The van der Waals surface area contributed by atoms with Crippen molar-refractivity contribution in [1.82, 2.24) is 9.55 Å². The Morgan fingerprint density at radius 3 is 2.90 bits per heavy atom. The van der Waals surface area contributed by atoms with Gasteiger partial charge in [-0.3, -0.25) is 14.7 Å². The third-order valence-corrected chi connectivity index (χ3v) is 2.73. The molecule has 2 aromatic rings. The maximum atomic E-state index is 11.0. The molecule has 1 unspecified atom stereocenters. The summed E-state index contributed by atoms with van der Waals surface area (Å²) in [6.45, 7) is 3.42. The van der Waals surface area contributed by atoms with Crippen LogP contribution in [0.15, 0.2) is 48.8 Å². The highest BCUT2D eigenvalue weighted by Crippen LogP contribution is 2.27. The van der Waals surface area contributed by atoms with Crippen molar-refractivity contribution in [1.29, 1.82) is 5.26 Å². The minimum atomic E-state index is -1.31. The topological polar surface area (TPSA) is 105 Å². The fourth-order valence-corrected chi connectivity index (χ4v) is 1.76. The highest BCUT2D eigenvalue weighted by molar-refractivity contribution is 5.53. The van der Waals surface area contributed by atoms with Gasteiger partial charge in [0.05, 0.1) is 16.6 Å². The number of aromatic nitrogens is 2. The Bertz CT molecular complexity index is 714. The molecule has 1 N–H and O–H groups in total. The van der Waals surface area contributed by atoms with E-state index in [-0.39, 0.29) is 22.8 Å². The number of hydrogen-bond acceptors (Lipinski definition) is 5. The number of para-hydroxylation sites is 2. The van der Waals surface area contributed by atoms with E-state index in [4.69, 9.17) is 5.26 Å². The lowest BCUT2D eigenvalue weighted by molar-refractivity contribution is -0.384. The molecule has 0 aliphatic rings. The molecule has 100 valence electrons. The molecular formula is C13H10N4O3. The summed E-state index contributed by atoms with van der Waals surface area (Å²) in [6.07, 6.45) is 1.56. The van der Waals surface area contributed by atoms with E-state index >= 15 is 0 Å². The highest BCUT2D eigenvalue weighted by Gasteiger charge is 2.22. The summed E-state index contributed by atoms with van der Waals surface area (Å²) in [4.78, 5) is 14.4. The first-order chi connectivity index (χ1) is 9.56. The average molecular weight is 270 g/mol. The fourth-order valence-electron chi connectivity index (χ4n) is 1.76. The van der Waals surface area contributed by atoms with Crippen LogP contribution >= 0.6 is 0 Å². The van der Waals surface area contributed by atoms with Crippen LogP contribution in [-0.2, 0) is 0 Å². The molecule has 0 spiro atoms. The lowest BCUT2D eigenvalue weighted by Crippen LogP contribution is -2.09. The second-order valence-electron chi connectivity index (χ2n) is 3.94. The molecule has 0 saturated heterocycles. The number of imidazole rings is 1. The molecule has 0 aliphatic carbocycles. The van der Waals surface area contributed by atoms with Crippen LogP contribution in [0.3, 0.4) is 0 Å². The molecule has 0 amide bonds. The quantitative estimate of drug-likeness (QED) is 0.519. The van der Waals surface area contributed by atoms with Gasteiger partial charge in [0.15, 0.2) is 0 Å². The number of aliphatic hydroxyl groups excluding tert-OH is 1. The van der Waals surface area contributed by atoms with Crippen LogP contribution in [0.1, 0.15) is 11.9 Å². The standard InChI is InChI=1S/C13H10N4O3/c1-9(8-14)12(18)13-15-6-7-16(13)10-4-2-3-5-11(10)17(19)20/h2-7,12,18H,1H2. The van der Waals surface area contributed by atoms with Crippen molar-refractivity contribution in [2.75, 3.05) is 0 Å². The maximum Gasteiger partial charge on any atom is 0.293 e. The first-order valence-electron chi connectivity index (χ1n) is 5.60. The fraction of sp³-hybridized carbons (Fsp3) is 0.0769.